The molecular formula is C19H24N2O5. The second-order valence-corrected chi connectivity index (χ2v) is 5.89. The van der Waals surface area contributed by atoms with Crippen molar-refractivity contribution >= 4 is 11.5 Å². The minimum Gasteiger partial charge on any atom is -0.394 e. The average molecular weight is 360 g/mol. The van der Waals surface area contributed by atoms with Gasteiger partial charge in [-0.2, -0.15) is 0 Å². The molecule has 0 fully saturated rings. The van der Waals surface area contributed by atoms with Gasteiger partial charge in [-0.3, -0.25) is 4.79 Å². The van der Waals surface area contributed by atoms with E-state index < -0.39 is 30.7 Å². The van der Waals surface area contributed by atoms with Crippen molar-refractivity contribution in [1.29, 1.82) is 0 Å². The standard InChI is InChI=1S/C19H24N2O5/c22-13-17(24)19(26)18(25)16(23)11-20-21(15-9-5-2-6-10-15)12-14-7-3-1-4-8-14/h1-10,17-20,22,24-26H,11-13H2/t17-,18+,19+/m1/s1. The van der Waals surface area contributed by atoms with E-state index in [1.807, 2.05) is 60.7 Å². The van der Waals surface area contributed by atoms with Crippen LogP contribution in [0.15, 0.2) is 60.7 Å². The number of hydrogen-bond donors (Lipinski definition) is 5. The number of nitrogens with one attached hydrogen (secondary N) is 1. The highest BCUT2D eigenvalue weighted by molar-refractivity contribution is 5.85. The van der Waals surface area contributed by atoms with Crippen molar-refractivity contribution in [3.8, 4) is 0 Å². The maximum atomic E-state index is 12.1. The van der Waals surface area contributed by atoms with Crippen LogP contribution in [-0.4, -0.2) is 57.7 Å². The van der Waals surface area contributed by atoms with Crippen LogP contribution in [0.1, 0.15) is 5.56 Å². The molecule has 2 rings (SSSR count). The lowest BCUT2D eigenvalue weighted by molar-refractivity contribution is -0.139. The van der Waals surface area contributed by atoms with Crippen LogP contribution in [0.3, 0.4) is 0 Å². The molecule has 0 spiro atoms. The van der Waals surface area contributed by atoms with Crippen LogP contribution in [0.5, 0.6) is 0 Å². The van der Waals surface area contributed by atoms with Gasteiger partial charge in [0.05, 0.1) is 25.4 Å². The van der Waals surface area contributed by atoms with Gasteiger partial charge in [0.15, 0.2) is 5.78 Å². The van der Waals surface area contributed by atoms with Gasteiger partial charge in [0.1, 0.15) is 18.3 Å². The predicted octanol–water partition coefficient (Wildman–Crippen LogP) is -0.158. The molecule has 0 aliphatic heterocycles. The fraction of sp³-hybridized carbons (Fsp3) is 0.316. The maximum absolute atomic E-state index is 12.1. The van der Waals surface area contributed by atoms with Crippen molar-refractivity contribution in [2.75, 3.05) is 18.2 Å². The molecule has 2 aromatic rings. The molecular weight excluding hydrogens is 336 g/mol. The number of ketones is 1. The van der Waals surface area contributed by atoms with Gasteiger partial charge >= 0.3 is 0 Å². The molecule has 0 bridgehead atoms. The molecule has 0 saturated carbocycles. The number of benzene rings is 2. The van der Waals surface area contributed by atoms with Crippen LogP contribution in [0.2, 0.25) is 0 Å². The number of Topliss-reactive ketones (excluding diaryl/α,β-unsaturated/α-hetero) is 1. The second kappa shape index (κ2) is 10.0. The number of hydrogen-bond acceptors (Lipinski definition) is 7. The van der Waals surface area contributed by atoms with Gasteiger partial charge in [0.25, 0.3) is 0 Å². The van der Waals surface area contributed by atoms with Gasteiger partial charge in [-0.05, 0) is 17.7 Å². The zero-order valence-corrected chi connectivity index (χ0v) is 14.3. The highest BCUT2D eigenvalue weighted by Crippen LogP contribution is 2.14. The highest BCUT2D eigenvalue weighted by Gasteiger charge is 2.29. The van der Waals surface area contributed by atoms with Crippen molar-refractivity contribution in [3.05, 3.63) is 66.2 Å². The van der Waals surface area contributed by atoms with Crippen LogP contribution in [0, 0.1) is 0 Å². The minimum atomic E-state index is -1.79. The second-order valence-electron chi connectivity index (χ2n) is 5.89. The quantitative estimate of drug-likeness (QED) is 0.374. The molecule has 140 valence electrons. The number of aliphatic hydroxyl groups is 4. The Bertz CT molecular complexity index is 668. The molecule has 0 unspecified atom stereocenters. The summed E-state index contributed by atoms with van der Waals surface area (Å²) >= 11 is 0. The Balaban J connectivity index is 2.04. The Morgan fingerprint density at radius 3 is 2.12 bits per heavy atom. The molecule has 0 aromatic heterocycles. The van der Waals surface area contributed by atoms with Crippen LogP contribution in [0.25, 0.3) is 0 Å². The lowest BCUT2D eigenvalue weighted by Crippen LogP contribution is -2.49. The van der Waals surface area contributed by atoms with Crippen molar-refractivity contribution in [3.63, 3.8) is 0 Å². The first-order valence-corrected chi connectivity index (χ1v) is 8.30. The third-order valence-electron chi connectivity index (χ3n) is 3.93. The Hall–Kier alpha value is -2.29. The van der Waals surface area contributed by atoms with Gasteiger partial charge in [0.2, 0.25) is 0 Å². The van der Waals surface area contributed by atoms with Crippen LogP contribution < -0.4 is 10.4 Å². The molecule has 26 heavy (non-hydrogen) atoms. The molecule has 0 radical (unpaired) electrons. The number of anilines is 1. The van der Waals surface area contributed by atoms with Gasteiger partial charge in [-0.15, -0.1) is 0 Å². The Labute approximate surface area is 152 Å². The van der Waals surface area contributed by atoms with E-state index in [1.165, 1.54) is 0 Å². The zero-order chi connectivity index (χ0) is 18.9. The third kappa shape index (κ3) is 5.62. The first kappa shape index (κ1) is 20.0. The number of para-hydroxylation sites is 1. The van der Waals surface area contributed by atoms with E-state index in [-0.39, 0.29) is 6.54 Å². The summed E-state index contributed by atoms with van der Waals surface area (Å²) in [5.74, 6) is -0.695. The van der Waals surface area contributed by atoms with E-state index in [9.17, 15) is 20.1 Å². The Morgan fingerprint density at radius 2 is 1.54 bits per heavy atom. The van der Waals surface area contributed by atoms with Gasteiger partial charge < -0.3 is 25.4 Å². The van der Waals surface area contributed by atoms with Crippen LogP contribution >= 0.6 is 0 Å². The fourth-order valence-corrected chi connectivity index (χ4v) is 2.40. The monoisotopic (exact) mass is 360 g/mol. The number of carbonyl (C=O) groups is 1. The van der Waals surface area contributed by atoms with Crippen molar-refractivity contribution in [2.45, 2.75) is 24.9 Å². The number of carbonyl (C=O) groups excluding carboxylic acids is 1. The topological polar surface area (TPSA) is 113 Å². The largest absolute Gasteiger partial charge is 0.394 e. The molecule has 0 aliphatic carbocycles. The smallest absolute Gasteiger partial charge is 0.179 e. The minimum absolute atomic E-state index is 0.252. The Morgan fingerprint density at radius 1 is 0.962 bits per heavy atom. The van der Waals surface area contributed by atoms with E-state index in [0.29, 0.717) is 6.54 Å². The molecule has 0 aliphatic rings. The number of nitrogens with zero attached hydrogens (tertiary/aromatic N) is 1. The van der Waals surface area contributed by atoms with Gasteiger partial charge in [0, 0.05) is 0 Å². The van der Waals surface area contributed by atoms with Crippen LogP contribution in [-0.2, 0) is 11.3 Å². The highest BCUT2D eigenvalue weighted by atomic mass is 16.4. The van der Waals surface area contributed by atoms with Crippen molar-refractivity contribution in [1.82, 2.24) is 5.43 Å². The number of hydrazine groups is 1. The first-order valence-electron chi connectivity index (χ1n) is 8.30. The van der Waals surface area contributed by atoms with Crippen molar-refractivity contribution in [2.24, 2.45) is 0 Å². The zero-order valence-electron chi connectivity index (χ0n) is 14.3. The normalized spacial score (nSPS) is 14.5. The van der Waals surface area contributed by atoms with Crippen LogP contribution in [0.4, 0.5) is 5.69 Å². The van der Waals surface area contributed by atoms with Gasteiger partial charge in [-0.25, -0.2) is 5.43 Å². The number of rotatable bonds is 10. The van der Waals surface area contributed by atoms with E-state index in [1.54, 1.807) is 5.01 Å². The Kier molecular flexibility index (Phi) is 7.71. The first-order chi connectivity index (χ1) is 12.5. The summed E-state index contributed by atoms with van der Waals surface area (Å²) in [6.07, 6.45) is -5.11. The summed E-state index contributed by atoms with van der Waals surface area (Å²) in [5.41, 5.74) is 4.79. The summed E-state index contributed by atoms with van der Waals surface area (Å²) in [6, 6.07) is 19.0. The lowest BCUT2D eigenvalue weighted by Gasteiger charge is -2.27. The van der Waals surface area contributed by atoms with E-state index in [0.717, 1.165) is 11.3 Å². The SMILES string of the molecule is O=C(CNN(Cc1ccccc1)c1ccccc1)[C@H](O)[C@@H](O)[C@H](O)CO. The molecule has 2 aromatic carbocycles. The maximum Gasteiger partial charge on any atom is 0.179 e. The summed E-state index contributed by atoms with van der Waals surface area (Å²) in [4.78, 5) is 12.1. The third-order valence-corrected chi connectivity index (χ3v) is 3.93. The number of aliphatic hydroxyl groups excluding tert-OH is 4. The molecule has 7 heteroatoms. The molecule has 3 atom stereocenters. The van der Waals surface area contributed by atoms with E-state index in [4.69, 9.17) is 5.11 Å². The summed E-state index contributed by atoms with van der Waals surface area (Å²) in [6.45, 7) is -0.517. The van der Waals surface area contributed by atoms with Crippen molar-refractivity contribution < 1.29 is 25.2 Å². The molecule has 0 saturated heterocycles. The molecule has 7 nitrogen and oxygen atoms in total. The average Bonchev–Trinajstić information content (AvgIpc) is 2.70. The summed E-state index contributed by atoms with van der Waals surface area (Å²) < 4.78 is 0. The molecule has 0 heterocycles. The lowest BCUT2D eigenvalue weighted by atomic mass is 10.0. The van der Waals surface area contributed by atoms with E-state index >= 15 is 0 Å². The van der Waals surface area contributed by atoms with Gasteiger partial charge in [-0.1, -0.05) is 48.5 Å². The predicted molar refractivity (Wildman–Crippen MR) is 97.2 cm³/mol. The fourth-order valence-electron chi connectivity index (χ4n) is 2.40. The summed E-state index contributed by atoms with van der Waals surface area (Å²) in [7, 11) is 0. The molecule has 5 N–H and O–H groups in total. The summed E-state index contributed by atoms with van der Waals surface area (Å²) in [5, 5.41) is 39.4. The van der Waals surface area contributed by atoms with E-state index in [2.05, 4.69) is 5.43 Å². The molecule has 0 amide bonds.